The van der Waals surface area contributed by atoms with Crippen molar-refractivity contribution < 1.29 is 17.5 Å². The maximum atomic E-state index is 13.6. The van der Waals surface area contributed by atoms with Gasteiger partial charge in [0.15, 0.2) is 0 Å². The lowest BCUT2D eigenvalue weighted by molar-refractivity contribution is 0.542. The standard InChI is InChI=1S/C14H14F2N2O2S/c15-11-4-3-9(13(16)8-11)1-2-10-7-12(17)5-6-14(10)18-21(19)20/h3-8,18H,1-2,17H2,(H,19,20)/p-1. The van der Waals surface area contributed by atoms with Gasteiger partial charge >= 0.3 is 0 Å². The summed E-state index contributed by atoms with van der Waals surface area (Å²) in [5.41, 5.74) is 7.54. The molecule has 21 heavy (non-hydrogen) atoms. The highest BCUT2D eigenvalue weighted by atomic mass is 32.2. The van der Waals surface area contributed by atoms with Gasteiger partial charge in [-0.1, -0.05) is 6.07 Å². The van der Waals surface area contributed by atoms with Crippen molar-refractivity contribution in [1.82, 2.24) is 0 Å². The van der Waals surface area contributed by atoms with Crippen molar-refractivity contribution in [2.45, 2.75) is 12.8 Å². The van der Waals surface area contributed by atoms with E-state index in [9.17, 15) is 17.5 Å². The van der Waals surface area contributed by atoms with E-state index in [4.69, 9.17) is 5.73 Å². The molecular weight excluding hydrogens is 298 g/mol. The van der Waals surface area contributed by atoms with Gasteiger partial charge in [-0.05, 0) is 48.2 Å². The number of nitrogens with one attached hydrogen (secondary N) is 1. The van der Waals surface area contributed by atoms with E-state index in [1.54, 1.807) is 18.2 Å². The van der Waals surface area contributed by atoms with Gasteiger partial charge in [-0.25, -0.2) is 8.78 Å². The van der Waals surface area contributed by atoms with Gasteiger partial charge in [-0.3, -0.25) is 4.21 Å². The van der Waals surface area contributed by atoms with Crippen LogP contribution < -0.4 is 10.5 Å². The molecule has 2 aromatic rings. The van der Waals surface area contributed by atoms with Crippen molar-refractivity contribution in [3.8, 4) is 0 Å². The second kappa shape index (κ2) is 6.64. The quantitative estimate of drug-likeness (QED) is 0.658. The SMILES string of the molecule is Nc1ccc(NS(=O)[O-])c(CCc2ccc(F)cc2F)c1. The number of rotatable bonds is 5. The fraction of sp³-hybridized carbons (Fsp3) is 0.143. The lowest BCUT2D eigenvalue weighted by Crippen LogP contribution is -2.06. The van der Waals surface area contributed by atoms with E-state index in [1.165, 1.54) is 12.1 Å². The zero-order chi connectivity index (χ0) is 15.4. The van der Waals surface area contributed by atoms with Crippen LogP contribution in [0.2, 0.25) is 0 Å². The van der Waals surface area contributed by atoms with Crippen LogP contribution in [0, 0.1) is 11.6 Å². The predicted molar refractivity (Wildman–Crippen MR) is 77.2 cm³/mol. The van der Waals surface area contributed by atoms with Gasteiger partial charge in [-0.2, -0.15) is 0 Å². The zero-order valence-corrected chi connectivity index (χ0v) is 11.8. The van der Waals surface area contributed by atoms with Crippen LogP contribution in [0.1, 0.15) is 11.1 Å². The van der Waals surface area contributed by atoms with Gasteiger partial charge in [0.1, 0.15) is 11.6 Å². The van der Waals surface area contributed by atoms with Crippen LogP contribution >= 0.6 is 0 Å². The Kier molecular flexibility index (Phi) is 4.87. The van der Waals surface area contributed by atoms with E-state index in [2.05, 4.69) is 4.72 Å². The molecule has 112 valence electrons. The summed E-state index contributed by atoms with van der Waals surface area (Å²) in [6.45, 7) is 0. The molecule has 7 heteroatoms. The molecular formula is C14H13F2N2O2S-. The van der Waals surface area contributed by atoms with Crippen molar-refractivity contribution in [2.24, 2.45) is 0 Å². The lowest BCUT2D eigenvalue weighted by Gasteiger charge is -2.14. The van der Waals surface area contributed by atoms with Crippen molar-refractivity contribution in [3.63, 3.8) is 0 Å². The Morgan fingerprint density at radius 1 is 1.10 bits per heavy atom. The molecule has 4 nitrogen and oxygen atoms in total. The fourth-order valence-corrected chi connectivity index (χ4v) is 2.38. The molecule has 0 radical (unpaired) electrons. The van der Waals surface area contributed by atoms with Crippen LogP contribution in [-0.2, 0) is 24.1 Å². The highest BCUT2D eigenvalue weighted by Gasteiger charge is 2.07. The number of benzene rings is 2. The normalized spacial score (nSPS) is 12.1. The van der Waals surface area contributed by atoms with Crippen LogP contribution in [0.15, 0.2) is 36.4 Å². The molecule has 0 bridgehead atoms. The van der Waals surface area contributed by atoms with Crippen molar-refractivity contribution >= 4 is 22.6 Å². The van der Waals surface area contributed by atoms with Gasteiger partial charge in [0.25, 0.3) is 0 Å². The first-order valence-corrected chi connectivity index (χ1v) is 7.21. The molecule has 0 aliphatic carbocycles. The maximum Gasteiger partial charge on any atom is 0.129 e. The Bertz CT molecular complexity index is 680. The first kappa shape index (κ1) is 15.4. The zero-order valence-electron chi connectivity index (χ0n) is 10.9. The first-order chi connectivity index (χ1) is 9.95. The summed E-state index contributed by atoms with van der Waals surface area (Å²) in [6, 6.07) is 8.11. The second-order valence-corrected chi connectivity index (χ2v) is 5.16. The number of nitrogen functional groups attached to an aromatic ring is 1. The van der Waals surface area contributed by atoms with Gasteiger partial charge in [0.2, 0.25) is 0 Å². The van der Waals surface area contributed by atoms with Crippen LogP contribution in [0.5, 0.6) is 0 Å². The molecule has 0 heterocycles. The van der Waals surface area contributed by atoms with Crippen LogP contribution in [0.4, 0.5) is 20.2 Å². The van der Waals surface area contributed by atoms with Crippen LogP contribution in [0.25, 0.3) is 0 Å². The topological polar surface area (TPSA) is 78.2 Å². The lowest BCUT2D eigenvalue weighted by atomic mass is 10.0. The Hall–Kier alpha value is -1.99. The minimum Gasteiger partial charge on any atom is -0.755 e. The highest BCUT2D eigenvalue weighted by Crippen LogP contribution is 2.22. The number of anilines is 2. The Labute approximate surface area is 123 Å². The average molecular weight is 311 g/mol. The van der Waals surface area contributed by atoms with Crippen LogP contribution in [-0.4, -0.2) is 8.76 Å². The molecule has 0 saturated carbocycles. The molecule has 1 unspecified atom stereocenters. The molecule has 2 aromatic carbocycles. The largest absolute Gasteiger partial charge is 0.755 e. The smallest absolute Gasteiger partial charge is 0.129 e. The third-order valence-electron chi connectivity index (χ3n) is 3.00. The molecule has 0 fully saturated rings. The molecule has 0 amide bonds. The summed E-state index contributed by atoms with van der Waals surface area (Å²) in [5, 5.41) is 0. The van der Waals surface area contributed by atoms with Gasteiger partial charge < -0.3 is 15.0 Å². The number of nitrogens with two attached hydrogens (primary N) is 1. The third-order valence-corrected chi connectivity index (χ3v) is 3.39. The molecule has 0 aliphatic heterocycles. The van der Waals surface area contributed by atoms with Gasteiger partial charge in [0, 0.05) is 28.7 Å². The minimum atomic E-state index is -2.45. The fourth-order valence-electron chi connectivity index (χ4n) is 2.00. The first-order valence-electron chi connectivity index (χ1n) is 6.14. The Balaban J connectivity index is 2.18. The van der Waals surface area contributed by atoms with Crippen molar-refractivity contribution in [1.29, 1.82) is 0 Å². The van der Waals surface area contributed by atoms with E-state index < -0.39 is 22.9 Å². The summed E-state index contributed by atoms with van der Waals surface area (Å²) < 4.78 is 50.1. The van der Waals surface area contributed by atoms with Gasteiger partial charge in [-0.15, -0.1) is 0 Å². The third kappa shape index (κ3) is 4.24. The van der Waals surface area contributed by atoms with Gasteiger partial charge in [0.05, 0.1) is 0 Å². The highest BCUT2D eigenvalue weighted by molar-refractivity contribution is 7.80. The van der Waals surface area contributed by atoms with Crippen molar-refractivity contribution in [2.75, 3.05) is 10.5 Å². The second-order valence-electron chi connectivity index (χ2n) is 4.49. The molecule has 0 aromatic heterocycles. The monoisotopic (exact) mass is 311 g/mol. The number of aryl methyl sites for hydroxylation is 2. The minimum absolute atomic E-state index is 0.301. The summed E-state index contributed by atoms with van der Waals surface area (Å²) in [7, 11) is 0. The van der Waals surface area contributed by atoms with E-state index >= 15 is 0 Å². The molecule has 0 aliphatic rings. The maximum absolute atomic E-state index is 13.6. The van der Waals surface area contributed by atoms with Crippen LogP contribution in [0.3, 0.4) is 0 Å². The molecule has 3 N–H and O–H groups in total. The molecule has 0 saturated heterocycles. The Morgan fingerprint density at radius 2 is 1.81 bits per heavy atom. The van der Waals surface area contributed by atoms with E-state index in [-0.39, 0.29) is 0 Å². The van der Waals surface area contributed by atoms with E-state index in [1.807, 2.05) is 0 Å². The summed E-state index contributed by atoms with van der Waals surface area (Å²) >= 11 is -2.45. The molecule has 0 spiro atoms. The molecule has 2 rings (SSSR count). The predicted octanol–water partition coefficient (Wildman–Crippen LogP) is 2.54. The molecule has 1 atom stereocenters. The summed E-state index contributed by atoms with van der Waals surface area (Å²) in [5.74, 6) is -1.26. The van der Waals surface area contributed by atoms with E-state index in [0.29, 0.717) is 35.3 Å². The number of hydrogen-bond acceptors (Lipinski definition) is 3. The summed E-state index contributed by atoms with van der Waals surface area (Å²) in [6.07, 6.45) is 0.670. The van der Waals surface area contributed by atoms with Crippen molar-refractivity contribution in [3.05, 3.63) is 59.2 Å². The van der Waals surface area contributed by atoms with E-state index in [0.717, 1.165) is 6.07 Å². The number of hydrogen-bond donors (Lipinski definition) is 2. The Morgan fingerprint density at radius 3 is 2.48 bits per heavy atom. The summed E-state index contributed by atoms with van der Waals surface area (Å²) in [4.78, 5) is 0. The average Bonchev–Trinajstić information content (AvgIpc) is 2.40. The number of halogens is 2.